The lowest BCUT2D eigenvalue weighted by Crippen LogP contribution is -2.43. The van der Waals surface area contributed by atoms with Crippen LogP contribution in [-0.4, -0.2) is 37.5 Å². The fourth-order valence-corrected chi connectivity index (χ4v) is 5.28. The molecule has 0 aromatic rings. The van der Waals surface area contributed by atoms with E-state index < -0.39 is 36.3 Å². The minimum Gasteiger partial charge on any atom is -0.392 e. The van der Waals surface area contributed by atoms with Crippen molar-refractivity contribution < 1.29 is 18.9 Å². The van der Waals surface area contributed by atoms with E-state index in [4.69, 9.17) is 30.4 Å². The van der Waals surface area contributed by atoms with Crippen LogP contribution in [0.1, 0.15) is 32.1 Å². The maximum Gasteiger partial charge on any atom is 0.190 e. The summed E-state index contributed by atoms with van der Waals surface area (Å²) < 4.78 is 24.3. The molecule has 4 rings (SSSR count). The predicted octanol–water partition coefficient (Wildman–Crippen LogP) is 1.55. The molecule has 1 saturated carbocycles. The third-order valence-corrected chi connectivity index (χ3v) is 6.60. The minimum atomic E-state index is -0.702. The molecule has 1 aliphatic carbocycles. The number of nitrogens with zero attached hydrogens (tertiary/aromatic N) is 2. The third kappa shape index (κ3) is 2.91. The maximum atomic E-state index is 9.62. The van der Waals surface area contributed by atoms with Crippen molar-refractivity contribution in [3.63, 3.8) is 0 Å². The van der Waals surface area contributed by atoms with Gasteiger partial charge in [0.2, 0.25) is 0 Å². The van der Waals surface area contributed by atoms with Gasteiger partial charge in [-0.25, -0.2) is 0 Å². The topological polar surface area (TPSA) is 137 Å². The van der Waals surface area contributed by atoms with E-state index in [-0.39, 0.29) is 21.2 Å². The first kappa shape index (κ1) is 18.6. The van der Waals surface area contributed by atoms with Gasteiger partial charge < -0.3 is 30.4 Å². The van der Waals surface area contributed by atoms with Crippen LogP contribution in [0.25, 0.3) is 0 Å². The highest BCUT2D eigenvalue weighted by molar-refractivity contribution is 8.06. The van der Waals surface area contributed by atoms with Gasteiger partial charge in [0.05, 0.1) is 39.3 Å². The zero-order valence-electron chi connectivity index (χ0n) is 15.0. The van der Waals surface area contributed by atoms with Gasteiger partial charge in [-0.3, -0.25) is 0 Å². The van der Waals surface area contributed by atoms with E-state index in [0.717, 1.165) is 37.4 Å². The second-order valence-corrected chi connectivity index (χ2v) is 8.28. The second kappa shape index (κ2) is 7.01. The molecule has 4 aliphatic rings. The Balaban J connectivity index is 1.64. The molecule has 3 heterocycles. The largest absolute Gasteiger partial charge is 0.392 e. The predicted molar refractivity (Wildman–Crippen MR) is 96.0 cm³/mol. The van der Waals surface area contributed by atoms with E-state index in [1.165, 1.54) is 6.42 Å². The standard InChI is InChI=1S/C18H22N4O4S/c1-23-13-12(11-9(7-19)15(21)27-16(22)10(11)8-20)24-17-14(13)25-18(26-17)5-3-2-4-6-18/h11-14,17H,2-6,21-22H2,1H3/t12-,13+,14+,17-/m1/s1. The Morgan fingerprint density at radius 3 is 2.22 bits per heavy atom. The van der Waals surface area contributed by atoms with E-state index in [9.17, 15) is 10.5 Å². The number of ether oxygens (including phenoxy) is 4. The Morgan fingerprint density at radius 1 is 1.04 bits per heavy atom. The van der Waals surface area contributed by atoms with Crippen LogP contribution in [0, 0.1) is 28.6 Å². The number of fused-ring (bicyclic) bond motifs is 1. The van der Waals surface area contributed by atoms with Gasteiger partial charge in [-0.1, -0.05) is 18.2 Å². The molecule has 1 spiro atoms. The van der Waals surface area contributed by atoms with Crippen LogP contribution in [0.5, 0.6) is 0 Å². The normalized spacial score (nSPS) is 36.0. The van der Waals surface area contributed by atoms with Crippen LogP contribution in [0.2, 0.25) is 0 Å². The number of hydrogen-bond acceptors (Lipinski definition) is 9. The molecule has 0 aromatic heterocycles. The molecule has 2 saturated heterocycles. The second-order valence-electron chi connectivity index (χ2n) is 7.20. The number of nitriles is 2. The van der Waals surface area contributed by atoms with E-state index in [2.05, 4.69) is 12.1 Å². The van der Waals surface area contributed by atoms with Crippen molar-refractivity contribution in [3.8, 4) is 12.1 Å². The number of methoxy groups -OCH3 is 1. The Hall–Kier alpha value is -1.75. The molecule has 0 unspecified atom stereocenters. The van der Waals surface area contributed by atoms with Gasteiger partial charge in [-0.2, -0.15) is 10.5 Å². The van der Waals surface area contributed by atoms with Crippen LogP contribution in [0.4, 0.5) is 0 Å². The van der Waals surface area contributed by atoms with Crippen LogP contribution in [0.3, 0.4) is 0 Å². The summed E-state index contributed by atoms with van der Waals surface area (Å²) >= 11 is 1.03. The third-order valence-electron chi connectivity index (χ3n) is 5.72. The Labute approximate surface area is 162 Å². The minimum absolute atomic E-state index is 0.269. The maximum absolute atomic E-state index is 9.62. The monoisotopic (exact) mass is 390 g/mol. The molecule has 8 nitrogen and oxygen atoms in total. The summed E-state index contributed by atoms with van der Waals surface area (Å²) in [6, 6.07) is 4.22. The Morgan fingerprint density at radius 2 is 1.67 bits per heavy atom. The molecule has 3 aliphatic heterocycles. The van der Waals surface area contributed by atoms with E-state index in [0.29, 0.717) is 0 Å². The molecule has 144 valence electrons. The molecule has 9 heteroatoms. The first-order valence-electron chi connectivity index (χ1n) is 9.05. The lowest BCUT2D eigenvalue weighted by atomic mass is 9.84. The van der Waals surface area contributed by atoms with Crippen molar-refractivity contribution >= 4 is 11.8 Å². The fraction of sp³-hybridized carbons (Fsp3) is 0.667. The molecule has 0 aromatic carbocycles. The smallest absolute Gasteiger partial charge is 0.190 e. The summed E-state index contributed by atoms with van der Waals surface area (Å²) in [6.45, 7) is 0. The highest BCUT2D eigenvalue weighted by atomic mass is 32.2. The average Bonchev–Trinajstić information content (AvgIpc) is 3.15. The number of thioether (sulfide) groups is 1. The molecule has 3 fully saturated rings. The van der Waals surface area contributed by atoms with Crippen LogP contribution < -0.4 is 11.5 Å². The van der Waals surface area contributed by atoms with Gasteiger partial charge in [-0.15, -0.1) is 0 Å². The number of nitrogens with two attached hydrogens (primary N) is 2. The highest BCUT2D eigenvalue weighted by Crippen LogP contribution is 2.49. The van der Waals surface area contributed by atoms with Crippen LogP contribution in [0.15, 0.2) is 21.2 Å². The zero-order chi connectivity index (χ0) is 19.2. The molecular weight excluding hydrogens is 368 g/mol. The van der Waals surface area contributed by atoms with Gasteiger partial charge in [0, 0.05) is 20.0 Å². The van der Waals surface area contributed by atoms with E-state index in [1.54, 1.807) is 7.11 Å². The summed E-state index contributed by atoms with van der Waals surface area (Å²) in [6.07, 6.45) is 2.77. The molecule has 4 atom stereocenters. The van der Waals surface area contributed by atoms with Crippen LogP contribution in [-0.2, 0) is 18.9 Å². The molecule has 27 heavy (non-hydrogen) atoms. The van der Waals surface area contributed by atoms with Gasteiger partial charge in [0.15, 0.2) is 12.1 Å². The van der Waals surface area contributed by atoms with Gasteiger partial charge in [0.1, 0.15) is 18.3 Å². The number of hydrogen-bond donors (Lipinski definition) is 2. The molecule has 4 N–H and O–H groups in total. The molecule has 0 radical (unpaired) electrons. The van der Waals surface area contributed by atoms with Crippen molar-refractivity contribution in [3.05, 3.63) is 21.2 Å². The van der Waals surface area contributed by atoms with Crippen molar-refractivity contribution in [1.29, 1.82) is 10.5 Å². The lowest BCUT2D eigenvalue weighted by Gasteiger charge is -2.36. The van der Waals surface area contributed by atoms with Gasteiger partial charge in [-0.05, 0) is 12.8 Å². The van der Waals surface area contributed by atoms with Gasteiger partial charge >= 0.3 is 0 Å². The molecule has 0 amide bonds. The van der Waals surface area contributed by atoms with Crippen molar-refractivity contribution in [1.82, 2.24) is 0 Å². The van der Waals surface area contributed by atoms with E-state index >= 15 is 0 Å². The highest BCUT2D eigenvalue weighted by Gasteiger charge is 2.60. The quantitative estimate of drug-likeness (QED) is 0.719. The lowest BCUT2D eigenvalue weighted by molar-refractivity contribution is -0.249. The summed E-state index contributed by atoms with van der Waals surface area (Å²) in [5, 5.41) is 19.8. The van der Waals surface area contributed by atoms with E-state index in [1.807, 2.05) is 0 Å². The Bertz CT molecular complexity index is 741. The summed E-state index contributed by atoms with van der Waals surface area (Å²) in [5.74, 6) is -1.32. The summed E-state index contributed by atoms with van der Waals surface area (Å²) in [4.78, 5) is 0. The first-order chi connectivity index (χ1) is 13.0. The molecule has 0 bridgehead atoms. The summed E-state index contributed by atoms with van der Waals surface area (Å²) in [5.41, 5.74) is 12.6. The van der Waals surface area contributed by atoms with Gasteiger partial charge in [0.25, 0.3) is 0 Å². The first-order valence-corrected chi connectivity index (χ1v) is 9.86. The molecular formula is C18H22N4O4S. The van der Waals surface area contributed by atoms with Crippen molar-refractivity contribution in [2.75, 3.05) is 7.11 Å². The van der Waals surface area contributed by atoms with Crippen molar-refractivity contribution in [2.45, 2.75) is 62.5 Å². The Kier molecular flexibility index (Phi) is 4.83. The SMILES string of the molecule is CO[C@@H]1[C@@H]2OC3(CCCCC3)O[C@H]2O[C@@H]1C1C(C#N)=C(N)SC(N)=C1C#N. The van der Waals surface area contributed by atoms with Crippen molar-refractivity contribution in [2.24, 2.45) is 17.4 Å². The fourth-order valence-electron chi connectivity index (χ4n) is 4.48. The van der Waals surface area contributed by atoms with Crippen LogP contribution >= 0.6 is 11.8 Å². The zero-order valence-corrected chi connectivity index (χ0v) is 15.8. The summed E-state index contributed by atoms with van der Waals surface area (Å²) in [7, 11) is 1.56. The number of rotatable bonds is 2. The average molecular weight is 390 g/mol.